The van der Waals surface area contributed by atoms with Crippen LogP contribution in [0.5, 0.6) is 5.75 Å². The third kappa shape index (κ3) is 8.28. The minimum atomic E-state index is -0.267. The average molecular weight is 448 g/mol. The molecule has 1 fully saturated rings. The Labute approximate surface area is 191 Å². The first-order valence-electron chi connectivity index (χ1n) is 11.2. The van der Waals surface area contributed by atoms with Gasteiger partial charge >= 0.3 is 6.09 Å². The van der Waals surface area contributed by atoms with Crippen molar-refractivity contribution in [3.63, 3.8) is 0 Å². The zero-order valence-electron chi connectivity index (χ0n) is 19.9. The molecule has 1 atom stereocenters. The molecule has 1 aromatic carbocycles. The van der Waals surface area contributed by atoms with Gasteiger partial charge in [0.2, 0.25) is 5.91 Å². The van der Waals surface area contributed by atoms with Crippen molar-refractivity contribution in [1.82, 2.24) is 20.4 Å². The standard InChI is InChI=1S/C23H37N5O4/c1-6-31-23(30)28-13-11-19(12-14-28)26-22(25-16-21(29)27(4)5)24-15-18(3)32-20-10-8-7-9-17(20)2/h7-10,18-19H,6,11-16H2,1-5H3,(H2,24,25,26). The molecule has 0 saturated carbocycles. The van der Waals surface area contributed by atoms with E-state index >= 15 is 0 Å². The highest BCUT2D eigenvalue weighted by Crippen LogP contribution is 2.17. The van der Waals surface area contributed by atoms with Crippen LogP contribution in [0.2, 0.25) is 0 Å². The molecule has 9 nitrogen and oxygen atoms in total. The van der Waals surface area contributed by atoms with Crippen LogP contribution in [0.3, 0.4) is 0 Å². The lowest BCUT2D eigenvalue weighted by atomic mass is 10.1. The Bertz CT molecular complexity index is 775. The third-order valence-electron chi connectivity index (χ3n) is 5.21. The molecule has 1 aliphatic heterocycles. The van der Waals surface area contributed by atoms with Gasteiger partial charge in [0.05, 0.1) is 13.2 Å². The van der Waals surface area contributed by atoms with Crippen LogP contribution in [0.1, 0.15) is 32.3 Å². The second-order valence-corrected chi connectivity index (χ2v) is 8.13. The number of hydrogen-bond acceptors (Lipinski definition) is 5. The number of nitrogens with one attached hydrogen (secondary N) is 2. The smallest absolute Gasteiger partial charge is 0.409 e. The second-order valence-electron chi connectivity index (χ2n) is 8.13. The SMILES string of the molecule is CCOC(=O)N1CCC(NC(=NCC(=O)N(C)C)NCC(C)Oc2ccccc2C)CC1. The molecule has 0 aromatic heterocycles. The van der Waals surface area contributed by atoms with Gasteiger partial charge in [-0.3, -0.25) is 4.79 Å². The first-order valence-corrected chi connectivity index (χ1v) is 11.2. The molecule has 0 aliphatic carbocycles. The number of amides is 2. The highest BCUT2D eigenvalue weighted by Gasteiger charge is 2.24. The molecule has 1 saturated heterocycles. The number of aryl methyl sites for hydroxylation is 1. The summed E-state index contributed by atoms with van der Waals surface area (Å²) in [7, 11) is 3.42. The maximum absolute atomic E-state index is 12.0. The van der Waals surface area contributed by atoms with Gasteiger partial charge in [0, 0.05) is 33.2 Å². The van der Waals surface area contributed by atoms with Gasteiger partial charge in [0.15, 0.2) is 5.96 Å². The van der Waals surface area contributed by atoms with Crippen LogP contribution >= 0.6 is 0 Å². The van der Waals surface area contributed by atoms with Crippen molar-refractivity contribution in [2.75, 3.05) is 46.9 Å². The molecular formula is C23H37N5O4. The number of ether oxygens (including phenoxy) is 2. The summed E-state index contributed by atoms with van der Waals surface area (Å²) in [6.07, 6.45) is 1.18. The molecule has 2 N–H and O–H groups in total. The van der Waals surface area contributed by atoms with Gasteiger partial charge in [-0.1, -0.05) is 18.2 Å². The van der Waals surface area contributed by atoms with Crippen LogP contribution in [0.25, 0.3) is 0 Å². The molecule has 1 aliphatic rings. The molecule has 1 unspecified atom stereocenters. The number of likely N-dealkylation sites (tertiary alicyclic amines) is 1. The van der Waals surface area contributed by atoms with Gasteiger partial charge in [-0.2, -0.15) is 0 Å². The Balaban J connectivity index is 1.93. The Morgan fingerprint density at radius 2 is 1.94 bits per heavy atom. The Kier molecular flexibility index (Phi) is 10.1. The van der Waals surface area contributed by atoms with Gasteiger partial charge in [0.25, 0.3) is 0 Å². The molecule has 2 rings (SSSR count). The number of rotatable bonds is 8. The van der Waals surface area contributed by atoms with E-state index in [2.05, 4.69) is 15.6 Å². The molecule has 9 heteroatoms. The first-order chi connectivity index (χ1) is 15.3. The molecule has 0 bridgehead atoms. The average Bonchev–Trinajstić information content (AvgIpc) is 2.77. The van der Waals surface area contributed by atoms with E-state index in [-0.39, 0.29) is 30.7 Å². The van der Waals surface area contributed by atoms with E-state index in [4.69, 9.17) is 9.47 Å². The van der Waals surface area contributed by atoms with E-state index in [1.165, 1.54) is 4.90 Å². The third-order valence-corrected chi connectivity index (χ3v) is 5.21. The molecule has 178 valence electrons. The predicted octanol–water partition coefficient (Wildman–Crippen LogP) is 2.01. The quantitative estimate of drug-likeness (QED) is 0.468. The summed E-state index contributed by atoms with van der Waals surface area (Å²) in [5.74, 6) is 1.34. The van der Waals surface area contributed by atoms with E-state index in [9.17, 15) is 9.59 Å². The Hall–Kier alpha value is -2.97. The van der Waals surface area contributed by atoms with Crippen molar-refractivity contribution in [2.24, 2.45) is 4.99 Å². The maximum Gasteiger partial charge on any atom is 0.409 e. The normalized spacial score (nSPS) is 15.7. The summed E-state index contributed by atoms with van der Waals surface area (Å²) < 4.78 is 11.1. The van der Waals surface area contributed by atoms with Gasteiger partial charge in [-0.05, 0) is 45.2 Å². The monoisotopic (exact) mass is 447 g/mol. The van der Waals surface area contributed by atoms with Crippen molar-refractivity contribution in [3.05, 3.63) is 29.8 Å². The van der Waals surface area contributed by atoms with E-state index in [0.717, 1.165) is 24.2 Å². The highest BCUT2D eigenvalue weighted by molar-refractivity contribution is 5.85. The fraction of sp³-hybridized carbons (Fsp3) is 0.609. The number of carbonyl (C=O) groups is 2. The van der Waals surface area contributed by atoms with E-state index in [1.807, 2.05) is 38.1 Å². The maximum atomic E-state index is 12.0. The van der Waals surface area contributed by atoms with Crippen molar-refractivity contribution >= 4 is 18.0 Å². The van der Waals surface area contributed by atoms with Gasteiger partial charge < -0.3 is 29.9 Å². The fourth-order valence-electron chi connectivity index (χ4n) is 3.24. The molecule has 0 radical (unpaired) electrons. The van der Waals surface area contributed by atoms with Crippen LogP contribution in [0.15, 0.2) is 29.3 Å². The molecule has 2 amide bonds. The minimum absolute atomic E-state index is 0.0526. The van der Waals surface area contributed by atoms with Gasteiger partial charge in [0.1, 0.15) is 18.4 Å². The first kappa shape index (κ1) is 25.3. The lowest BCUT2D eigenvalue weighted by molar-refractivity contribution is -0.127. The van der Waals surface area contributed by atoms with Crippen LogP contribution in [0, 0.1) is 6.92 Å². The van der Waals surface area contributed by atoms with E-state index < -0.39 is 0 Å². The van der Waals surface area contributed by atoms with Crippen LogP contribution in [0.4, 0.5) is 4.79 Å². The fourth-order valence-corrected chi connectivity index (χ4v) is 3.24. The number of likely N-dealkylation sites (N-methyl/N-ethyl adjacent to an activating group) is 1. The van der Waals surface area contributed by atoms with Crippen molar-refractivity contribution in [1.29, 1.82) is 0 Å². The number of hydrogen-bond donors (Lipinski definition) is 2. The summed E-state index contributed by atoms with van der Waals surface area (Å²) >= 11 is 0. The number of nitrogens with zero attached hydrogens (tertiary/aromatic N) is 3. The van der Waals surface area contributed by atoms with Crippen molar-refractivity contribution < 1.29 is 19.1 Å². The Morgan fingerprint density at radius 1 is 1.25 bits per heavy atom. The number of carbonyl (C=O) groups excluding carboxylic acids is 2. The predicted molar refractivity (Wildman–Crippen MR) is 125 cm³/mol. The van der Waals surface area contributed by atoms with Crippen molar-refractivity contribution in [3.8, 4) is 5.75 Å². The van der Waals surface area contributed by atoms with Gasteiger partial charge in [-0.25, -0.2) is 9.79 Å². The summed E-state index contributed by atoms with van der Waals surface area (Å²) in [5.41, 5.74) is 1.08. The van der Waals surface area contributed by atoms with Crippen LogP contribution < -0.4 is 15.4 Å². The van der Waals surface area contributed by atoms with Crippen molar-refractivity contribution in [2.45, 2.75) is 45.8 Å². The Morgan fingerprint density at radius 3 is 2.56 bits per heavy atom. The van der Waals surface area contributed by atoms with Crippen LogP contribution in [-0.4, -0.2) is 86.8 Å². The molecular weight excluding hydrogens is 410 g/mol. The molecule has 0 spiro atoms. The zero-order valence-corrected chi connectivity index (χ0v) is 19.9. The van der Waals surface area contributed by atoms with Gasteiger partial charge in [-0.15, -0.1) is 0 Å². The molecule has 1 aromatic rings. The topological polar surface area (TPSA) is 95.5 Å². The highest BCUT2D eigenvalue weighted by atomic mass is 16.6. The largest absolute Gasteiger partial charge is 0.489 e. The number of guanidine groups is 1. The lowest BCUT2D eigenvalue weighted by Crippen LogP contribution is -2.51. The van der Waals surface area contributed by atoms with Crippen LogP contribution in [-0.2, 0) is 9.53 Å². The minimum Gasteiger partial charge on any atom is -0.489 e. The summed E-state index contributed by atoms with van der Waals surface area (Å²) in [6, 6.07) is 8.04. The van der Waals surface area contributed by atoms with E-state index in [1.54, 1.807) is 25.9 Å². The van der Waals surface area contributed by atoms with E-state index in [0.29, 0.717) is 32.2 Å². The molecule has 1 heterocycles. The summed E-state index contributed by atoms with van der Waals surface area (Å²) in [6.45, 7) is 7.99. The zero-order chi connectivity index (χ0) is 23.5. The second kappa shape index (κ2) is 12.8. The summed E-state index contributed by atoms with van der Waals surface area (Å²) in [4.78, 5) is 31.6. The lowest BCUT2D eigenvalue weighted by Gasteiger charge is -2.32. The number of piperidine rings is 1. The number of benzene rings is 1. The molecule has 32 heavy (non-hydrogen) atoms. The summed E-state index contributed by atoms with van der Waals surface area (Å²) in [5, 5.41) is 6.70. The number of aliphatic imine (C=N–C) groups is 1. The number of para-hydroxylation sites is 1.